The minimum absolute atomic E-state index is 0.276. The molecule has 0 radical (unpaired) electrons. The molecule has 2 aromatic carbocycles. The van der Waals surface area contributed by atoms with Crippen molar-refractivity contribution in [2.75, 3.05) is 13.1 Å². The van der Waals surface area contributed by atoms with Gasteiger partial charge in [-0.05, 0) is 35.4 Å². The molecule has 0 fully saturated rings. The van der Waals surface area contributed by atoms with E-state index in [4.69, 9.17) is 11.6 Å². The van der Waals surface area contributed by atoms with Crippen molar-refractivity contribution in [3.8, 4) is 11.6 Å². The number of nitrogens with zero attached hydrogens (tertiary/aromatic N) is 2. The fraction of sp³-hybridized carbons (Fsp3) is 0.111. The first-order valence-corrected chi connectivity index (χ1v) is 7.94. The number of aromatic hydroxyl groups is 1. The molecule has 3 aromatic rings. The second kappa shape index (κ2) is 5.78. The predicted octanol–water partition coefficient (Wildman–Crippen LogP) is 2.73. The second-order valence-electron chi connectivity index (χ2n) is 5.60. The van der Waals surface area contributed by atoms with Gasteiger partial charge in [0.05, 0.1) is 16.6 Å². The van der Waals surface area contributed by atoms with E-state index in [2.05, 4.69) is 10.3 Å². The molecule has 24 heavy (non-hydrogen) atoms. The Balaban J connectivity index is 2.14. The first-order valence-electron chi connectivity index (χ1n) is 7.56. The van der Waals surface area contributed by atoms with Crippen LogP contribution >= 0.6 is 11.6 Å². The lowest BCUT2D eigenvalue weighted by atomic mass is 10.0. The summed E-state index contributed by atoms with van der Waals surface area (Å²) in [7, 11) is 0. The highest BCUT2D eigenvalue weighted by Gasteiger charge is 2.19. The highest BCUT2D eigenvalue weighted by atomic mass is 35.5. The van der Waals surface area contributed by atoms with Crippen LogP contribution in [-0.4, -0.2) is 27.7 Å². The Morgan fingerprint density at radius 1 is 1.21 bits per heavy atom. The highest BCUT2D eigenvalue weighted by Crippen LogP contribution is 2.34. The van der Waals surface area contributed by atoms with Crippen LogP contribution in [0.25, 0.3) is 22.2 Å². The zero-order valence-electron chi connectivity index (χ0n) is 12.7. The Bertz CT molecular complexity index is 1030. The van der Waals surface area contributed by atoms with E-state index in [1.165, 1.54) is 4.57 Å². The van der Waals surface area contributed by atoms with Crippen LogP contribution in [0.5, 0.6) is 5.88 Å². The van der Waals surface area contributed by atoms with E-state index >= 15 is 0 Å². The number of rotatable bonds is 2. The molecular weight excluding hydrogens is 326 g/mol. The molecule has 0 atom stereocenters. The van der Waals surface area contributed by atoms with Gasteiger partial charge in [-0.3, -0.25) is 4.57 Å². The molecule has 2 N–H and O–H groups in total. The molecule has 0 amide bonds. The second-order valence-corrected chi connectivity index (χ2v) is 6.03. The van der Waals surface area contributed by atoms with E-state index in [-0.39, 0.29) is 5.88 Å². The average molecular weight is 340 g/mol. The summed E-state index contributed by atoms with van der Waals surface area (Å²) in [5.41, 5.74) is 2.48. The van der Waals surface area contributed by atoms with Crippen LogP contribution in [0.1, 0.15) is 5.56 Å². The van der Waals surface area contributed by atoms with Crippen molar-refractivity contribution in [2.24, 2.45) is 0 Å². The number of hydrogen-bond donors (Lipinski definition) is 2. The Morgan fingerprint density at radius 2 is 2.00 bits per heavy atom. The minimum atomic E-state index is -0.544. The highest BCUT2D eigenvalue weighted by molar-refractivity contribution is 6.31. The molecule has 0 unspecified atom stereocenters. The molecule has 4 rings (SSSR count). The SMILES string of the molecule is O=c1nc(O)c2c(C3=CCNC3)cc(Cl)cc2n1-c1ccccc1. The van der Waals surface area contributed by atoms with Gasteiger partial charge in [0.15, 0.2) is 0 Å². The van der Waals surface area contributed by atoms with Crippen molar-refractivity contribution >= 4 is 28.1 Å². The van der Waals surface area contributed by atoms with E-state index < -0.39 is 5.69 Å². The van der Waals surface area contributed by atoms with Gasteiger partial charge in [0.1, 0.15) is 0 Å². The van der Waals surface area contributed by atoms with E-state index in [1.54, 1.807) is 12.1 Å². The van der Waals surface area contributed by atoms with Crippen LogP contribution in [0.4, 0.5) is 0 Å². The lowest BCUT2D eigenvalue weighted by Crippen LogP contribution is -2.22. The summed E-state index contributed by atoms with van der Waals surface area (Å²) in [6.07, 6.45) is 2.04. The fourth-order valence-electron chi connectivity index (χ4n) is 3.06. The van der Waals surface area contributed by atoms with Gasteiger partial charge < -0.3 is 10.4 Å². The third kappa shape index (κ3) is 2.38. The van der Waals surface area contributed by atoms with Crippen molar-refractivity contribution in [1.82, 2.24) is 14.9 Å². The van der Waals surface area contributed by atoms with Gasteiger partial charge in [0, 0.05) is 18.1 Å². The molecule has 120 valence electrons. The summed E-state index contributed by atoms with van der Waals surface area (Å²) in [4.78, 5) is 16.2. The average Bonchev–Trinajstić information content (AvgIpc) is 3.09. The monoisotopic (exact) mass is 339 g/mol. The van der Waals surface area contributed by atoms with Crippen molar-refractivity contribution < 1.29 is 5.11 Å². The van der Waals surface area contributed by atoms with Crippen LogP contribution in [0, 0.1) is 0 Å². The Labute approximate surface area is 142 Å². The molecule has 6 heteroatoms. The molecule has 0 saturated heterocycles. The van der Waals surface area contributed by atoms with Crippen molar-refractivity contribution in [2.45, 2.75) is 0 Å². The topological polar surface area (TPSA) is 67.2 Å². The standard InChI is InChI=1S/C18H14ClN3O2/c19-12-8-14(11-6-7-20-10-11)16-15(9-12)22(18(24)21-17(16)23)13-4-2-1-3-5-13/h1-6,8-9,20H,7,10H2,(H,21,23,24). The summed E-state index contributed by atoms with van der Waals surface area (Å²) < 4.78 is 1.47. The summed E-state index contributed by atoms with van der Waals surface area (Å²) in [5, 5.41) is 14.6. The molecule has 0 aliphatic carbocycles. The number of aromatic nitrogens is 2. The zero-order valence-corrected chi connectivity index (χ0v) is 13.4. The molecular formula is C18H14ClN3O2. The van der Waals surface area contributed by atoms with Crippen molar-refractivity contribution in [3.05, 3.63) is 69.6 Å². The zero-order chi connectivity index (χ0) is 16.7. The maximum Gasteiger partial charge on any atom is 0.355 e. The molecule has 1 aliphatic rings. The van der Waals surface area contributed by atoms with Gasteiger partial charge in [-0.2, -0.15) is 4.98 Å². The third-order valence-electron chi connectivity index (χ3n) is 4.11. The van der Waals surface area contributed by atoms with Crippen molar-refractivity contribution in [3.63, 3.8) is 0 Å². The number of nitrogens with one attached hydrogen (secondary N) is 1. The lowest BCUT2D eigenvalue weighted by Gasteiger charge is -2.14. The summed E-state index contributed by atoms with van der Waals surface area (Å²) >= 11 is 6.30. The van der Waals surface area contributed by atoms with Crippen LogP contribution in [0.2, 0.25) is 5.02 Å². The van der Waals surface area contributed by atoms with E-state index in [0.29, 0.717) is 28.2 Å². The normalized spacial score (nSPS) is 14.1. The first-order chi connectivity index (χ1) is 11.6. The van der Waals surface area contributed by atoms with Crippen LogP contribution in [-0.2, 0) is 0 Å². The third-order valence-corrected chi connectivity index (χ3v) is 4.33. The Hall–Kier alpha value is -2.63. The van der Waals surface area contributed by atoms with Gasteiger partial charge >= 0.3 is 5.69 Å². The fourth-order valence-corrected chi connectivity index (χ4v) is 3.28. The molecule has 1 aromatic heterocycles. The maximum absolute atomic E-state index is 12.4. The maximum atomic E-state index is 12.4. The number of hydrogen-bond acceptors (Lipinski definition) is 4. The molecule has 0 spiro atoms. The van der Waals surface area contributed by atoms with Gasteiger partial charge in [0.25, 0.3) is 0 Å². The van der Waals surface area contributed by atoms with E-state index in [0.717, 1.165) is 17.7 Å². The smallest absolute Gasteiger partial charge is 0.355 e. The molecule has 0 saturated carbocycles. The number of halogens is 1. The van der Waals surface area contributed by atoms with Crippen LogP contribution < -0.4 is 11.0 Å². The first kappa shape index (κ1) is 14.9. The van der Waals surface area contributed by atoms with Crippen molar-refractivity contribution in [1.29, 1.82) is 0 Å². The van der Waals surface area contributed by atoms with Gasteiger partial charge in [-0.1, -0.05) is 35.9 Å². The quantitative estimate of drug-likeness (QED) is 0.753. The Kier molecular flexibility index (Phi) is 3.59. The number of fused-ring (bicyclic) bond motifs is 1. The number of benzene rings is 2. The lowest BCUT2D eigenvalue weighted by molar-refractivity contribution is 0.456. The minimum Gasteiger partial charge on any atom is -0.493 e. The molecule has 0 bridgehead atoms. The predicted molar refractivity (Wildman–Crippen MR) is 94.9 cm³/mol. The van der Waals surface area contributed by atoms with Gasteiger partial charge in [-0.25, -0.2) is 4.79 Å². The van der Waals surface area contributed by atoms with Gasteiger partial charge in [0.2, 0.25) is 5.88 Å². The molecule has 1 aliphatic heterocycles. The largest absolute Gasteiger partial charge is 0.493 e. The summed E-state index contributed by atoms with van der Waals surface area (Å²) in [6.45, 7) is 1.44. The summed E-state index contributed by atoms with van der Waals surface area (Å²) in [5.74, 6) is -0.276. The van der Waals surface area contributed by atoms with E-state index in [9.17, 15) is 9.90 Å². The van der Waals surface area contributed by atoms with Crippen LogP contribution in [0.3, 0.4) is 0 Å². The van der Waals surface area contributed by atoms with Crippen LogP contribution in [0.15, 0.2) is 53.3 Å². The molecule has 2 heterocycles. The van der Waals surface area contributed by atoms with Gasteiger partial charge in [-0.15, -0.1) is 0 Å². The Morgan fingerprint density at radius 3 is 2.71 bits per heavy atom. The summed E-state index contributed by atoms with van der Waals surface area (Å²) in [6, 6.07) is 12.7. The van der Waals surface area contributed by atoms with E-state index in [1.807, 2.05) is 36.4 Å². The molecule has 5 nitrogen and oxygen atoms in total. The number of para-hydroxylation sites is 1.